The Balaban J connectivity index is 1.31. The summed E-state index contributed by atoms with van der Waals surface area (Å²) in [7, 11) is 1.85. The van der Waals surface area contributed by atoms with Crippen LogP contribution in [-0.4, -0.2) is 59.3 Å². The Labute approximate surface area is 263 Å². The Hall–Kier alpha value is -4.38. The number of anilines is 5. The standard InChI is InChI=1S/C33H30ClN7O2S/c1-39(23-7-3-2-4-8-23)27-17-21-19-36-33(37-22-11-12-26(25(34)18-22)40-15-13-35-14-16-40)38-31(21)41(32(27)43)28-20-44-29-10-6-5-9-24(29)30(28)42/h2-12,17-19,28,35H,13-16,20H2,1H3,(H,36,37,38). The number of pyridine rings is 1. The van der Waals surface area contributed by atoms with Crippen LogP contribution < -0.4 is 26.0 Å². The second-order valence-corrected chi connectivity index (χ2v) is 12.3. The molecule has 5 aromatic rings. The van der Waals surface area contributed by atoms with Crippen molar-refractivity contribution in [1.29, 1.82) is 0 Å². The predicted octanol–water partition coefficient (Wildman–Crippen LogP) is 5.90. The molecule has 4 heterocycles. The van der Waals surface area contributed by atoms with Gasteiger partial charge >= 0.3 is 0 Å². The number of para-hydroxylation sites is 1. The average Bonchev–Trinajstić information content (AvgIpc) is 3.06. The van der Waals surface area contributed by atoms with Crippen LogP contribution in [0.25, 0.3) is 11.0 Å². The zero-order valence-electron chi connectivity index (χ0n) is 24.0. The van der Waals surface area contributed by atoms with Gasteiger partial charge in [-0.25, -0.2) is 4.98 Å². The monoisotopic (exact) mass is 623 g/mol. The molecule has 1 fully saturated rings. The normalized spacial score (nSPS) is 16.5. The third-order valence-corrected chi connectivity index (χ3v) is 9.54. The van der Waals surface area contributed by atoms with E-state index in [2.05, 4.69) is 20.5 Å². The van der Waals surface area contributed by atoms with Crippen LogP contribution in [-0.2, 0) is 0 Å². The minimum Gasteiger partial charge on any atom is -0.368 e. The Bertz CT molecular complexity index is 1930. The Kier molecular flexibility index (Phi) is 7.71. The zero-order chi connectivity index (χ0) is 30.2. The molecule has 1 atom stereocenters. The first-order valence-corrected chi connectivity index (χ1v) is 15.8. The molecule has 9 nitrogen and oxygen atoms in total. The van der Waals surface area contributed by atoms with E-state index in [1.807, 2.05) is 84.7 Å². The molecule has 0 aliphatic carbocycles. The lowest BCUT2D eigenvalue weighted by Gasteiger charge is -2.30. The van der Waals surface area contributed by atoms with Crippen molar-refractivity contribution >= 4 is 68.9 Å². The topological polar surface area (TPSA) is 95.4 Å². The van der Waals surface area contributed by atoms with Crippen LogP contribution in [0.2, 0.25) is 5.02 Å². The number of piperazine rings is 1. The van der Waals surface area contributed by atoms with Crippen LogP contribution in [0.1, 0.15) is 16.4 Å². The SMILES string of the molecule is CN(c1ccccc1)c1cc2cnc(Nc3ccc(N4CCNCC4)c(Cl)c3)nc2n(C2CSc3ccccc3C2=O)c1=O. The summed E-state index contributed by atoms with van der Waals surface area (Å²) in [4.78, 5) is 42.6. The number of hydrogen-bond donors (Lipinski definition) is 2. The average molecular weight is 624 g/mol. The van der Waals surface area contributed by atoms with Crippen molar-refractivity contribution in [3.63, 3.8) is 0 Å². The smallest absolute Gasteiger partial charge is 0.276 e. The number of carbonyl (C=O) groups is 1. The van der Waals surface area contributed by atoms with Gasteiger partial charge in [0.05, 0.1) is 10.7 Å². The Morgan fingerprint density at radius 3 is 2.57 bits per heavy atom. The third-order valence-electron chi connectivity index (χ3n) is 8.08. The molecular formula is C33H30ClN7O2S. The van der Waals surface area contributed by atoms with Crippen molar-refractivity contribution < 1.29 is 4.79 Å². The van der Waals surface area contributed by atoms with Crippen molar-refractivity contribution in [1.82, 2.24) is 19.9 Å². The van der Waals surface area contributed by atoms with Gasteiger partial charge in [-0.05, 0) is 42.5 Å². The maximum absolute atomic E-state index is 14.3. The van der Waals surface area contributed by atoms with E-state index >= 15 is 0 Å². The van der Waals surface area contributed by atoms with Gasteiger partial charge in [-0.3, -0.25) is 14.2 Å². The van der Waals surface area contributed by atoms with Gasteiger partial charge in [0.2, 0.25) is 5.95 Å². The number of hydrogen-bond acceptors (Lipinski definition) is 9. The largest absolute Gasteiger partial charge is 0.368 e. The van der Waals surface area contributed by atoms with Crippen molar-refractivity contribution in [2.24, 2.45) is 0 Å². The molecule has 2 aliphatic rings. The van der Waals surface area contributed by atoms with E-state index in [9.17, 15) is 9.59 Å². The van der Waals surface area contributed by atoms with E-state index in [4.69, 9.17) is 16.6 Å². The van der Waals surface area contributed by atoms with E-state index in [-0.39, 0.29) is 11.3 Å². The fourth-order valence-corrected chi connectivity index (χ4v) is 7.21. The predicted molar refractivity (Wildman–Crippen MR) is 179 cm³/mol. The summed E-state index contributed by atoms with van der Waals surface area (Å²) < 4.78 is 1.54. The fourth-order valence-electron chi connectivity index (χ4n) is 5.77. The summed E-state index contributed by atoms with van der Waals surface area (Å²) >= 11 is 8.26. The van der Waals surface area contributed by atoms with Gasteiger partial charge in [0.25, 0.3) is 5.56 Å². The van der Waals surface area contributed by atoms with Crippen LogP contribution in [0, 0.1) is 0 Å². The second kappa shape index (κ2) is 12.0. The number of halogens is 1. The van der Waals surface area contributed by atoms with E-state index in [0.29, 0.717) is 39.0 Å². The molecule has 0 amide bonds. The lowest BCUT2D eigenvalue weighted by Crippen LogP contribution is -2.43. The molecular weight excluding hydrogens is 594 g/mol. The van der Waals surface area contributed by atoms with Crippen molar-refractivity contribution in [2.75, 3.05) is 54.1 Å². The van der Waals surface area contributed by atoms with Gasteiger partial charge in [0, 0.05) is 72.4 Å². The van der Waals surface area contributed by atoms with Crippen molar-refractivity contribution in [3.05, 3.63) is 106 Å². The van der Waals surface area contributed by atoms with E-state index < -0.39 is 6.04 Å². The van der Waals surface area contributed by atoms with Gasteiger partial charge in [-0.1, -0.05) is 48.0 Å². The van der Waals surface area contributed by atoms with Gasteiger partial charge in [0.1, 0.15) is 17.4 Å². The van der Waals surface area contributed by atoms with Gasteiger partial charge in [-0.15, -0.1) is 11.8 Å². The number of carbonyl (C=O) groups excluding carboxylic acids is 1. The first kappa shape index (κ1) is 28.4. The lowest BCUT2D eigenvalue weighted by molar-refractivity contribution is 0.0932. The summed E-state index contributed by atoms with van der Waals surface area (Å²) in [6.07, 6.45) is 1.69. The van der Waals surface area contributed by atoms with Crippen LogP contribution in [0.5, 0.6) is 0 Å². The number of nitrogens with zero attached hydrogens (tertiary/aromatic N) is 5. The highest BCUT2D eigenvalue weighted by Gasteiger charge is 2.32. The van der Waals surface area contributed by atoms with E-state index in [1.54, 1.807) is 28.6 Å². The summed E-state index contributed by atoms with van der Waals surface area (Å²) in [6, 6.07) is 24.0. The summed E-state index contributed by atoms with van der Waals surface area (Å²) in [5, 5.41) is 7.89. The molecule has 0 bridgehead atoms. The number of ketones is 1. The molecule has 2 aromatic heterocycles. The number of aromatic nitrogens is 3. The summed E-state index contributed by atoms with van der Waals surface area (Å²) in [6.45, 7) is 3.61. The van der Waals surface area contributed by atoms with Crippen molar-refractivity contribution in [3.8, 4) is 0 Å². The minimum atomic E-state index is -0.732. The number of Topliss-reactive ketones (excluding diaryl/α,β-unsaturated/α-hetero) is 1. The van der Waals surface area contributed by atoms with E-state index in [0.717, 1.165) is 48.1 Å². The molecule has 0 spiro atoms. The summed E-state index contributed by atoms with van der Waals surface area (Å²) in [5.74, 6) is 0.613. The molecule has 0 saturated carbocycles. The quantitative estimate of drug-likeness (QED) is 0.240. The number of fused-ring (bicyclic) bond motifs is 2. The van der Waals surface area contributed by atoms with Gasteiger partial charge in [-0.2, -0.15) is 4.98 Å². The van der Waals surface area contributed by atoms with Crippen molar-refractivity contribution in [2.45, 2.75) is 10.9 Å². The highest BCUT2D eigenvalue weighted by Crippen LogP contribution is 2.36. The molecule has 11 heteroatoms. The minimum absolute atomic E-state index is 0.106. The molecule has 1 saturated heterocycles. The van der Waals surface area contributed by atoms with E-state index in [1.165, 1.54) is 0 Å². The highest BCUT2D eigenvalue weighted by molar-refractivity contribution is 7.99. The molecule has 3 aromatic carbocycles. The third kappa shape index (κ3) is 5.29. The lowest BCUT2D eigenvalue weighted by atomic mass is 10.0. The Morgan fingerprint density at radius 1 is 1.00 bits per heavy atom. The number of benzene rings is 3. The molecule has 2 aliphatic heterocycles. The number of nitrogens with one attached hydrogen (secondary N) is 2. The molecule has 1 unspecified atom stereocenters. The fraction of sp³-hybridized carbons (Fsp3) is 0.212. The van der Waals surface area contributed by atoms with Crippen LogP contribution >= 0.6 is 23.4 Å². The maximum Gasteiger partial charge on any atom is 0.276 e. The maximum atomic E-state index is 14.3. The first-order valence-electron chi connectivity index (χ1n) is 14.5. The van der Waals surface area contributed by atoms with Gasteiger partial charge < -0.3 is 20.4 Å². The summed E-state index contributed by atoms with van der Waals surface area (Å²) in [5.41, 5.74) is 3.69. The highest BCUT2D eigenvalue weighted by atomic mass is 35.5. The molecule has 0 radical (unpaired) electrons. The molecule has 44 heavy (non-hydrogen) atoms. The van der Waals surface area contributed by atoms with Crippen LogP contribution in [0.3, 0.4) is 0 Å². The molecule has 2 N–H and O–H groups in total. The van der Waals surface area contributed by atoms with Gasteiger partial charge in [0.15, 0.2) is 5.78 Å². The zero-order valence-corrected chi connectivity index (χ0v) is 25.6. The number of rotatable bonds is 6. The number of thioether (sulfide) groups is 1. The first-order chi connectivity index (χ1) is 21.5. The Morgan fingerprint density at radius 2 is 1.77 bits per heavy atom. The molecule has 7 rings (SSSR count). The van der Waals surface area contributed by atoms with Crippen LogP contribution in [0.4, 0.5) is 28.7 Å². The second-order valence-electron chi connectivity index (χ2n) is 10.8. The van der Waals surface area contributed by atoms with Crippen LogP contribution in [0.15, 0.2) is 94.7 Å². The molecule has 222 valence electrons.